The Balaban J connectivity index is 1.31. The van der Waals surface area contributed by atoms with Crippen LogP contribution in [0.25, 0.3) is 22.0 Å². The quantitative estimate of drug-likeness (QED) is 0.156. The van der Waals surface area contributed by atoms with Crippen LogP contribution in [0.15, 0.2) is 66.6 Å². The first kappa shape index (κ1) is 40.2. The van der Waals surface area contributed by atoms with Crippen LogP contribution < -0.4 is 10.1 Å². The van der Waals surface area contributed by atoms with Gasteiger partial charge in [0, 0.05) is 24.0 Å². The Labute approximate surface area is 327 Å². The molecule has 1 aromatic carbocycles. The summed E-state index contributed by atoms with van der Waals surface area (Å²) >= 11 is 1.48. The fourth-order valence-corrected chi connectivity index (χ4v) is 9.45. The number of likely N-dealkylation sites (tertiary alicyclic amines) is 1. The van der Waals surface area contributed by atoms with Crippen LogP contribution in [-0.4, -0.2) is 87.7 Å². The lowest BCUT2D eigenvalue weighted by Gasteiger charge is -2.35. The highest BCUT2D eigenvalue weighted by atomic mass is 32.2. The molecule has 3 aliphatic rings. The normalized spacial score (nSPS) is 23.1. The molecule has 14 heteroatoms. The number of carbonyl (C=O) groups excluding carboxylic acids is 4. The van der Waals surface area contributed by atoms with Gasteiger partial charge in [0.25, 0.3) is 0 Å². The Bertz CT molecular complexity index is 2050. The molecule has 3 aromatic rings. The van der Waals surface area contributed by atoms with Crippen molar-refractivity contribution >= 4 is 44.7 Å². The number of rotatable bonds is 14. The molecule has 0 spiro atoms. The molecule has 0 bridgehead atoms. The van der Waals surface area contributed by atoms with Gasteiger partial charge in [0.2, 0.25) is 17.7 Å². The fraction of sp³-hybridized carbons (Fsp3) is 0.512. The number of nitrogens with zero attached hydrogens (tertiary/aromatic N) is 3. The first-order valence-corrected chi connectivity index (χ1v) is 21.3. The van der Waals surface area contributed by atoms with Crippen LogP contribution in [0.3, 0.4) is 0 Å². The molecule has 2 aromatic heterocycles. The smallest absolute Gasteiger partial charge is 0.307 e. The Morgan fingerprint density at radius 1 is 1.05 bits per heavy atom. The van der Waals surface area contributed by atoms with Gasteiger partial charge in [-0.3, -0.25) is 19.2 Å². The Hall–Kier alpha value is -4.43. The van der Waals surface area contributed by atoms with Crippen molar-refractivity contribution in [3.8, 4) is 27.8 Å². The standard InChI is InChI=1S/C41H50N4O8S2/c1-8-26-22-41(26,33(46)24-55(50,51)28-16-17-28)44-37(48)31-19-27(23-45(31)38(49)29(39(2,3)4)20-35(47)53-40(5,6)7)52-34-21-30(25-13-10-9-11-14-25)42-36(43-34)32-15-12-18-54-32/h8-15,18,21,26-29,31H,1,16-17,19-20,22-24H2,2-7H3,(H,44,48)/t26-,27-,29-,31+,41-/m1/s1. The van der Waals surface area contributed by atoms with Crippen LogP contribution in [0.5, 0.6) is 5.88 Å². The Morgan fingerprint density at radius 2 is 1.76 bits per heavy atom. The summed E-state index contributed by atoms with van der Waals surface area (Å²) < 4.78 is 37.8. The molecular formula is C41H50N4O8S2. The molecule has 55 heavy (non-hydrogen) atoms. The number of nitrogens with one attached hydrogen (secondary N) is 1. The van der Waals surface area contributed by atoms with Gasteiger partial charge in [-0.1, -0.05) is 63.2 Å². The summed E-state index contributed by atoms with van der Waals surface area (Å²) in [5.74, 6) is -3.47. The molecule has 1 aliphatic heterocycles. The van der Waals surface area contributed by atoms with Gasteiger partial charge in [-0.25, -0.2) is 13.4 Å². The molecule has 0 radical (unpaired) electrons. The zero-order chi connectivity index (χ0) is 39.9. The van der Waals surface area contributed by atoms with E-state index in [-0.39, 0.29) is 31.7 Å². The van der Waals surface area contributed by atoms with E-state index in [1.54, 1.807) is 32.9 Å². The van der Waals surface area contributed by atoms with Gasteiger partial charge >= 0.3 is 5.97 Å². The van der Waals surface area contributed by atoms with E-state index in [1.807, 2.05) is 68.6 Å². The highest BCUT2D eigenvalue weighted by Gasteiger charge is 2.61. The van der Waals surface area contributed by atoms with Crippen molar-refractivity contribution in [2.45, 2.75) is 102 Å². The van der Waals surface area contributed by atoms with Crippen molar-refractivity contribution in [1.82, 2.24) is 20.2 Å². The highest BCUT2D eigenvalue weighted by Crippen LogP contribution is 2.46. The first-order valence-electron chi connectivity index (χ1n) is 18.7. The van der Waals surface area contributed by atoms with Crippen molar-refractivity contribution in [2.75, 3.05) is 12.3 Å². The molecule has 6 rings (SSSR count). The van der Waals surface area contributed by atoms with E-state index in [9.17, 15) is 27.6 Å². The molecule has 1 saturated heterocycles. The second-order valence-electron chi connectivity index (χ2n) is 16.9. The molecule has 2 aliphatic carbocycles. The van der Waals surface area contributed by atoms with Crippen LogP contribution >= 0.6 is 11.3 Å². The summed E-state index contributed by atoms with van der Waals surface area (Å²) in [6.45, 7) is 14.6. The van der Waals surface area contributed by atoms with Gasteiger partial charge < -0.3 is 19.7 Å². The highest BCUT2D eigenvalue weighted by molar-refractivity contribution is 7.93. The maximum Gasteiger partial charge on any atom is 0.307 e. The van der Waals surface area contributed by atoms with E-state index in [2.05, 4.69) is 11.9 Å². The van der Waals surface area contributed by atoms with Crippen molar-refractivity contribution in [2.24, 2.45) is 17.3 Å². The lowest BCUT2D eigenvalue weighted by molar-refractivity contribution is -0.161. The number of esters is 1. The van der Waals surface area contributed by atoms with E-state index in [0.29, 0.717) is 24.4 Å². The summed E-state index contributed by atoms with van der Waals surface area (Å²) in [7, 11) is -3.65. The second-order valence-corrected chi connectivity index (χ2v) is 20.1. The predicted octanol–water partition coefficient (Wildman–Crippen LogP) is 5.82. The third kappa shape index (κ3) is 9.34. The molecule has 294 valence electrons. The number of benzene rings is 1. The average Bonchev–Trinajstić information content (AvgIpc) is 3.98. The number of ether oxygens (including phenoxy) is 2. The van der Waals surface area contributed by atoms with Gasteiger partial charge in [0.15, 0.2) is 21.4 Å². The first-order chi connectivity index (χ1) is 25.8. The van der Waals surface area contributed by atoms with Crippen molar-refractivity contribution < 1.29 is 37.1 Å². The van der Waals surface area contributed by atoms with E-state index >= 15 is 0 Å². The lowest BCUT2D eigenvalue weighted by atomic mass is 9.77. The summed E-state index contributed by atoms with van der Waals surface area (Å²) in [6, 6.07) is 14.0. The lowest BCUT2D eigenvalue weighted by Crippen LogP contribution is -2.55. The number of hydrogen-bond donors (Lipinski definition) is 1. The SMILES string of the molecule is C=C[C@@H]1C[C@]1(NC(=O)[C@@H]1C[C@@H](Oc2cc(-c3ccccc3)nc(-c3cccs3)n2)CN1C(=O)[C@@H](CC(=O)OC(C)(C)C)C(C)(C)C)C(=O)CS(=O)(=O)C1CC1. The molecular weight excluding hydrogens is 741 g/mol. The fourth-order valence-electron chi connectivity index (χ4n) is 7.08. The van der Waals surface area contributed by atoms with Crippen LogP contribution in [0.1, 0.15) is 73.6 Å². The number of ketones is 1. The molecule has 12 nitrogen and oxygen atoms in total. The van der Waals surface area contributed by atoms with Gasteiger partial charge in [-0.05, 0) is 56.9 Å². The number of sulfone groups is 1. The average molecular weight is 791 g/mol. The molecule has 0 unspecified atom stereocenters. The predicted molar refractivity (Wildman–Crippen MR) is 210 cm³/mol. The van der Waals surface area contributed by atoms with Crippen LogP contribution in [0, 0.1) is 17.3 Å². The molecule has 3 fully saturated rings. The van der Waals surface area contributed by atoms with Gasteiger partial charge in [-0.15, -0.1) is 17.9 Å². The second kappa shape index (κ2) is 15.2. The van der Waals surface area contributed by atoms with Crippen molar-refractivity contribution in [3.63, 3.8) is 0 Å². The number of Topliss-reactive ketones (excluding diaryl/α,β-unsaturated/α-hetero) is 1. The van der Waals surface area contributed by atoms with Crippen LogP contribution in [-0.2, 0) is 33.8 Å². The molecule has 3 heterocycles. The zero-order valence-corrected chi connectivity index (χ0v) is 33.9. The number of aromatic nitrogens is 2. The molecule has 2 amide bonds. The van der Waals surface area contributed by atoms with E-state index in [0.717, 1.165) is 10.4 Å². The van der Waals surface area contributed by atoms with Crippen LogP contribution in [0.2, 0.25) is 0 Å². The Kier molecular flexibility index (Phi) is 11.2. The van der Waals surface area contributed by atoms with E-state index in [4.69, 9.17) is 19.4 Å². The maximum atomic E-state index is 14.7. The van der Waals surface area contributed by atoms with Crippen molar-refractivity contribution in [1.29, 1.82) is 0 Å². The number of carbonyl (C=O) groups is 4. The van der Waals surface area contributed by atoms with Gasteiger partial charge in [0.1, 0.15) is 29.0 Å². The Morgan fingerprint density at radius 3 is 2.35 bits per heavy atom. The minimum atomic E-state index is -3.65. The minimum absolute atomic E-state index is 0.0152. The van der Waals surface area contributed by atoms with Crippen LogP contribution in [0.4, 0.5) is 0 Å². The summed E-state index contributed by atoms with van der Waals surface area (Å²) in [5.41, 5.74) is -1.44. The largest absolute Gasteiger partial charge is 0.472 e. The third-order valence-electron chi connectivity index (χ3n) is 10.3. The van der Waals surface area contributed by atoms with Gasteiger partial charge in [-0.2, -0.15) is 4.98 Å². The molecule has 1 N–H and O–H groups in total. The summed E-state index contributed by atoms with van der Waals surface area (Å²) in [4.78, 5) is 67.6. The minimum Gasteiger partial charge on any atom is -0.472 e. The molecule has 2 saturated carbocycles. The number of amides is 2. The van der Waals surface area contributed by atoms with Gasteiger partial charge in [0.05, 0.1) is 34.7 Å². The van der Waals surface area contributed by atoms with E-state index < -0.39 is 84.9 Å². The third-order valence-corrected chi connectivity index (χ3v) is 13.3. The number of hydrogen-bond acceptors (Lipinski definition) is 11. The monoisotopic (exact) mass is 790 g/mol. The molecule has 5 atom stereocenters. The number of thiophene rings is 1. The topological polar surface area (TPSA) is 162 Å². The summed E-state index contributed by atoms with van der Waals surface area (Å²) in [6.07, 6.45) is 1.91. The zero-order valence-electron chi connectivity index (χ0n) is 32.2. The van der Waals surface area contributed by atoms with E-state index in [1.165, 1.54) is 16.2 Å². The van der Waals surface area contributed by atoms with Crippen molar-refractivity contribution in [3.05, 3.63) is 66.6 Å². The maximum absolute atomic E-state index is 14.7. The summed E-state index contributed by atoms with van der Waals surface area (Å²) in [5, 5.41) is 4.27.